The molecule has 0 aliphatic carbocycles. The van der Waals surface area contributed by atoms with Gasteiger partial charge in [-0.05, 0) is 66.1 Å². The van der Waals surface area contributed by atoms with E-state index in [1.807, 2.05) is 79.7 Å². The van der Waals surface area contributed by atoms with Crippen LogP contribution in [0.15, 0.2) is 108 Å². The summed E-state index contributed by atoms with van der Waals surface area (Å²) in [5.74, 6) is 1.04. The third kappa shape index (κ3) is 7.96. The van der Waals surface area contributed by atoms with Gasteiger partial charge in [0.05, 0.1) is 12.8 Å². The molecule has 1 aliphatic heterocycles. The van der Waals surface area contributed by atoms with Gasteiger partial charge in [0.1, 0.15) is 6.61 Å². The largest absolute Gasteiger partial charge is 0.490 e. The molecule has 0 spiro atoms. The van der Waals surface area contributed by atoms with Gasteiger partial charge in [-0.1, -0.05) is 60.7 Å². The van der Waals surface area contributed by atoms with Crippen LogP contribution in [0.2, 0.25) is 0 Å². The van der Waals surface area contributed by atoms with Crippen molar-refractivity contribution < 1.29 is 14.3 Å². The van der Waals surface area contributed by atoms with Crippen LogP contribution in [0.1, 0.15) is 34.0 Å². The second-order valence-electron chi connectivity index (χ2n) is 9.91. The fraction of sp³-hybridized carbons (Fsp3) is 0.235. The number of hydrogen-bond donors (Lipinski definition) is 1. The molecule has 4 aromatic rings. The Morgan fingerprint density at radius 2 is 1.51 bits per heavy atom. The number of carbonyl (C=O) groups excluding carboxylic acids is 1. The van der Waals surface area contributed by atoms with Crippen LogP contribution >= 0.6 is 0 Å². The van der Waals surface area contributed by atoms with Crippen molar-refractivity contribution in [1.29, 1.82) is 0 Å². The molecule has 0 bridgehead atoms. The quantitative estimate of drug-likeness (QED) is 0.191. The second kappa shape index (κ2) is 14.1. The monoisotopic (exact) mass is 548 g/mol. The molecule has 41 heavy (non-hydrogen) atoms. The summed E-state index contributed by atoms with van der Waals surface area (Å²) < 4.78 is 11.7. The first kappa shape index (κ1) is 27.9. The lowest BCUT2D eigenvalue weighted by Crippen LogP contribution is -2.45. The highest BCUT2D eigenvalue weighted by molar-refractivity contribution is 5.95. The first-order valence-corrected chi connectivity index (χ1v) is 14.1. The Hall–Kier alpha value is -4.62. The predicted molar refractivity (Wildman–Crippen MR) is 164 cm³/mol. The number of para-hydroxylation sites is 1. The summed E-state index contributed by atoms with van der Waals surface area (Å²) in [5.41, 5.74) is 7.54. The lowest BCUT2D eigenvalue weighted by atomic mass is 10.1. The van der Waals surface area contributed by atoms with Gasteiger partial charge in [0.25, 0.3) is 5.91 Å². The highest BCUT2D eigenvalue weighted by atomic mass is 16.5. The number of nitrogens with zero attached hydrogens (tertiary/aromatic N) is 3. The average Bonchev–Trinajstić information content (AvgIpc) is 3.02. The van der Waals surface area contributed by atoms with E-state index in [1.54, 1.807) is 6.21 Å². The van der Waals surface area contributed by atoms with Crippen LogP contribution in [0.3, 0.4) is 0 Å². The SMILES string of the molecule is CCOc1cc(/C=N\NC(=O)c2ccc(CN3CCN(c4ccccc4)CC3)cc2)ccc1OCc1ccccc1. The molecule has 1 fully saturated rings. The highest BCUT2D eigenvalue weighted by Gasteiger charge is 2.17. The van der Waals surface area contributed by atoms with E-state index in [2.05, 4.69) is 50.7 Å². The molecule has 0 unspecified atom stereocenters. The number of benzene rings is 4. The van der Waals surface area contributed by atoms with E-state index < -0.39 is 0 Å². The van der Waals surface area contributed by atoms with E-state index in [0.29, 0.717) is 30.3 Å². The van der Waals surface area contributed by atoms with E-state index in [1.165, 1.54) is 11.3 Å². The Morgan fingerprint density at radius 1 is 0.805 bits per heavy atom. The zero-order valence-electron chi connectivity index (χ0n) is 23.4. The Morgan fingerprint density at radius 3 is 2.22 bits per heavy atom. The normalized spacial score (nSPS) is 13.7. The summed E-state index contributed by atoms with van der Waals surface area (Å²) in [4.78, 5) is 17.5. The number of piperazine rings is 1. The number of rotatable bonds is 11. The number of carbonyl (C=O) groups is 1. The van der Waals surface area contributed by atoms with Crippen LogP contribution in [-0.2, 0) is 13.2 Å². The van der Waals surface area contributed by atoms with Crippen LogP contribution in [0.25, 0.3) is 0 Å². The van der Waals surface area contributed by atoms with Crippen LogP contribution in [0, 0.1) is 0 Å². The molecule has 4 aromatic carbocycles. The zero-order chi connectivity index (χ0) is 28.3. The van der Waals surface area contributed by atoms with Gasteiger partial charge in [0.15, 0.2) is 11.5 Å². The lowest BCUT2D eigenvalue weighted by molar-refractivity contribution is 0.0955. The first-order valence-electron chi connectivity index (χ1n) is 14.1. The van der Waals surface area contributed by atoms with E-state index in [-0.39, 0.29) is 5.91 Å². The summed E-state index contributed by atoms with van der Waals surface area (Å²) in [5, 5.41) is 4.16. The van der Waals surface area contributed by atoms with Gasteiger partial charge in [-0.15, -0.1) is 0 Å². The van der Waals surface area contributed by atoms with Crippen LogP contribution < -0.4 is 19.8 Å². The predicted octanol–water partition coefficient (Wildman–Crippen LogP) is 5.75. The van der Waals surface area contributed by atoms with Crippen molar-refractivity contribution in [3.05, 3.63) is 125 Å². The minimum Gasteiger partial charge on any atom is -0.490 e. The van der Waals surface area contributed by atoms with Crippen molar-refractivity contribution in [3.8, 4) is 11.5 Å². The molecule has 0 radical (unpaired) electrons. The number of hydrogen-bond acceptors (Lipinski definition) is 6. The zero-order valence-corrected chi connectivity index (χ0v) is 23.4. The molecule has 7 nitrogen and oxygen atoms in total. The molecular formula is C34H36N4O3. The molecule has 5 rings (SSSR count). The van der Waals surface area contributed by atoms with Gasteiger partial charge in [-0.3, -0.25) is 9.69 Å². The lowest BCUT2D eigenvalue weighted by Gasteiger charge is -2.36. The fourth-order valence-electron chi connectivity index (χ4n) is 4.78. The molecular weight excluding hydrogens is 512 g/mol. The van der Waals surface area contributed by atoms with E-state index in [4.69, 9.17) is 9.47 Å². The van der Waals surface area contributed by atoms with Gasteiger partial charge in [0.2, 0.25) is 0 Å². The van der Waals surface area contributed by atoms with Crippen molar-refractivity contribution in [3.63, 3.8) is 0 Å². The number of hydrazone groups is 1. The second-order valence-corrected chi connectivity index (χ2v) is 9.91. The topological polar surface area (TPSA) is 66.4 Å². The van der Waals surface area contributed by atoms with Crippen molar-refractivity contribution in [2.24, 2.45) is 5.10 Å². The van der Waals surface area contributed by atoms with Gasteiger partial charge in [0, 0.05) is 44.0 Å². The maximum Gasteiger partial charge on any atom is 0.271 e. The molecule has 0 aromatic heterocycles. The van der Waals surface area contributed by atoms with Crippen molar-refractivity contribution in [2.45, 2.75) is 20.1 Å². The first-order chi connectivity index (χ1) is 20.2. The minimum atomic E-state index is -0.253. The smallest absolute Gasteiger partial charge is 0.271 e. The van der Waals surface area contributed by atoms with Gasteiger partial charge in [-0.25, -0.2) is 5.43 Å². The van der Waals surface area contributed by atoms with E-state index in [0.717, 1.165) is 43.9 Å². The van der Waals surface area contributed by atoms with Gasteiger partial charge in [-0.2, -0.15) is 5.10 Å². The summed E-state index contributed by atoms with van der Waals surface area (Å²) in [6.45, 7) is 7.81. The van der Waals surface area contributed by atoms with Crippen LogP contribution in [0.4, 0.5) is 5.69 Å². The maximum atomic E-state index is 12.7. The molecule has 1 N–H and O–H groups in total. The standard InChI is InChI=1S/C34H36N4O3/c1-2-40-33-23-29(15-18-32(33)41-26-28-9-5-3-6-10-28)24-35-36-34(39)30-16-13-27(14-17-30)25-37-19-21-38(22-20-37)31-11-7-4-8-12-31/h3-18,23-24H,2,19-22,25-26H2,1H3,(H,36,39)/b35-24-. The third-order valence-corrected chi connectivity index (χ3v) is 7.00. The van der Waals surface area contributed by atoms with Gasteiger partial charge < -0.3 is 14.4 Å². The molecule has 1 amide bonds. The van der Waals surface area contributed by atoms with Crippen molar-refractivity contribution in [1.82, 2.24) is 10.3 Å². The molecule has 210 valence electrons. The van der Waals surface area contributed by atoms with Crippen molar-refractivity contribution in [2.75, 3.05) is 37.7 Å². The number of amides is 1. The minimum absolute atomic E-state index is 0.253. The fourth-order valence-corrected chi connectivity index (χ4v) is 4.78. The summed E-state index contributed by atoms with van der Waals surface area (Å²) in [6, 6.07) is 33.9. The number of ether oxygens (including phenoxy) is 2. The summed E-state index contributed by atoms with van der Waals surface area (Å²) in [6.07, 6.45) is 1.60. The van der Waals surface area contributed by atoms with Crippen LogP contribution in [-0.4, -0.2) is 49.8 Å². The van der Waals surface area contributed by atoms with E-state index in [9.17, 15) is 4.79 Å². The Kier molecular flexibility index (Phi) is 9.63. The summed E-state index contributed by atoms with van der Waals surface area (Å²) >= 11 is 0. The van der Waals surface area contributed by atoms with Crippen molar-refractivity contribution >= 4 is 17.8 Å². The molecule has 0 saturated carbocycles. The Bertz CT molecular complexity index is 1420. The highest BCUT2D eigenvalue weighted by Crippen LogP contribution is 2.29. The summed E-state index contributed by atoms with van der Waals surface area (Å²) in [7, 11) is 0. The molecule has 0 atom stereocenters. The average molecular weight is 549 g/mol. The third-order valence-electron chi connectivity index (χ3n) is 7.00. The Labute approximate surface area is 242 Å². The maximum absolute atomic E-state index is 12.7. The van der Waals surface area contributed by atoms with Gasteiger partial charge >= 0.3 is 0 Å². The molecule has 1 aliphatic rings. The van der Waals surface area contributed by atoms with E-state index >= 15 is 0 Å². The number of nitrogens with one attached hydrogen (secondary N) is 1. The van der Waals surface area contributed by atoms with Crippen LogP contribution in [0.5, 0.6) is 11.5 Å². The molecule has 1 saturated heterocycles. The molecule has 7 heteroatoms. The Balaban J connectivity index is 1.10. The molecule has 1 heterocycles. The number of anilines is 1.